The van der Waals surface area contributed by atoms with Crippen LogP contribution in [0.15, 0.2) is 6.20 Å². The first kappa shape index (κ1) is 15.4. The zero-order chi connectivity index (χ0) is 15.7. The van der Waals surface area contributed by atoms with Crippen LogP contribution in [0.3, 0.4) is 0 Å². The van der Waals surface area contributed by atoms with Crippen LogP contribution < -0.4 is 0 Å². The fourth-order valence-electron chi connectivity index (χ4n) is 2.61. The minimum absolute atomic E-state index is 0.0128. The Bertz CT molecular complexity index is 564. The van der Waals surface area contributed by atoms with Crippen LogP contribution in [0, 0.1) is 5.92 Å². The monoisotopic (exact) mass is 324 g/mol. The fourth-order valence-corrected chi connectivity index (χ4v) is 3.56. The highest BCUT2D eigenvalue weighted by Gasteiger charge is 2.36. The molecule has 1 saturated heterocycles. The van der Waals surface area contributed by atoms with E-state index < -0.39 is 11.9 Å². The van der Waals surface area contributed by atoms with E-state index >= 15 is 0 Å². The summed E-state index contributed by atoms with van der Waals surface area (Å²) < 4.78 is 5.59. The zero-order valence-corrected chi connectivity index (χ0v) is 13.3. The molecule has 1 aromatic rings. The van der Waals surface area contributed by atoms with E-state index in [1.165, 1.54) is 11.3 Å². The minimum Gasteiger partial charge on any atom is -0.481 e. The van der Waals surface area contributed by atoms with E-state index in [4.69, 9.17) is 9.84 Å². The summed E-state index contributed by atoms with van der Waals surface area (Å²) in [7, 11) is 0. The zero-order valence-electron chi connectivity index (χ0n) is 12.5. The highest BCUT2D eigenvalue weighted by Crippen LogP contribution is 2.34. The molecule has 0 spiro atoms. The molecule has 1 saturated carbocycles. The Hall–Kier alpha value is -1.47. The predicted molar refractivity (Wildman–Crippen MR) is 80.9 cm³/mol. The topological polar surface area (TPSA) is 79.7 Å². The Labute approximate surface area is 133 Å². The second-order valence-electron chi connectivity index (χ2n) is 5.99. The van der Waals surface area contributed by atoms with Crippen LogP contribution in [0.2, 0.25) is 0 Å². The molecule has 2 heterocycles. The van der Waals surface area contributed by atoms with Gasteiger partial charge in [0, 0.05) is 19.2 Å². The van der Waals surface area contributed by atoms with Crippen molar-refractivity contribution < 1.29 is 19.4 Å². The van der Waals surface area contributed by atoms with Gasteiger partial charge in [0.15, 0.2) is 0 Å². The van der Waals surface area contributed by atoms with Crippen LogP contribution in [0.5, 0.6) is 0 Å². The van der Waals surface area contributed by atoms with Crippen molar-refractivity contribution >= 4 is 23.2 Å². The quantitative estimate of drug-likeness (QED) is 0.868. The molecule has 0 bridgehead atoms. The summed E-state index contributed by atoms with van der Waals surface area (Å²) in [5, 5.41) is 9.92. The third-order valence-corrected chi connectivity index (χ3v) is 5.16. The normalized spacial score (nSPS) is 22.5. The van der Waals surface area contributed by atoms with E-state index in [0.717, 1.165) is 37.3 Å². The number of carbonyl (C=O) groups excluding carboxylic acids is 1. The number of carboxylic acid groups (broad SMARTS) is 1. The second kappa shape index (κ2) is 6.34. The Morgan fingerprint density at radius 1 is 1.50 bits per heavy atom. The first-order valence-corrected chi connectivity index (χ1v) is 8.49. The van der Waals surface area contributed by atoms with Crippen LogP contribution in [0.4, 0.5) is 0 Å². The van der Waals surface area contributed by atoms with Gasteiger partial charge in [-0.05, 0) is 25.7 Å². The molecule has 2 fully saturated rings. The van der Waals surface area contributed by atoms with Gasteiger partial charge in [0.1, 0.15) is 16.0 Å². The summed E-state index contributed by atoms with van der Waals surface area (Å²) in [6.07, 6.45) is 5.50. The van der Waals surface area contributed by atoms with Crippen molar-refractivity contribution in [1.82, 2.24) is 9.88 Å². The van der Waals surface area contributed by atoms with Gasteiger partial charge in [-0.3, -0.25) is 9.59 Å². The number of amides is 1. The lowest BCUT2D eigenvalue weighted by Crippen LogP contribution is -2.38. The molecular formula is C15H20N2O4S. The number of carboxylic acids is 1. The van der Waals surface area contributed by atoms with Gasteiger partial charge in [-0.25, -0.2) is 4.98 Å². The van der Waals surface area contributed by atoms with Crippen molar-refractivity contribution in [1.29, 1.82) is 0 Å². The van der Waals surface area contributed by atoms with Gasteiger partial charge in [-0.15, -0.1) is 11.3 Å². The number of aromatic nitrogens is 1. The van der Waals surface area contributed by atoms with Gasteiger partial charge in [0.05, 0.1) is 12.1 Å². The first-order valence-electron chi connectivity index (χ1n) is 7.67. The van der Waals surface area contributed by atoms with Gasteiger partial charge < -0.3 is 14.7 Å². The summed E-state index contributed by atoms with van der Waals surface area (Å²) in [4.78, 5) is 30.3. The van der Waals surface area contributed by atoms with E-state index in [1.807, 2.05) is 0 Å². The highest BCUT2D eigenvalue weighted by molar-refractivity contribution is 7.13. The second-order valence-corrected chi connectivity index (χ2v) is 7.05. The maximum absolute atomic E-state index is 12.7. The minimum atomic E-state index is -0.872. The molecule has 1 aliphatic heterocycles. The molecule has 2 aliphatic rings. The van der Waals surface area contributed by atoms with Crippen molar-refractivity contribution in [2.45, 2.75) is 44.8 Å². The molecule has 2 unspecified atom stereocenters. The molecule has 120 valence electrons. The number of carbonyl (C=O) groups is 2. The van der Waals surface area contributed by atoms with Gasteiger partial charge in [0.25, 0.3) is 5.91 Å². The average Bonchev–Trinajstić information content (AvgIpc) is 3.01. The number of rotatable bonds is 6. The Balaban J connectivity index is 1.71. The lowest BCUT2D eigenvalue weighted by molar-refractivity contribution is -0.141. The molecule has 0 aromatic carbocycles. The molecule has 1 aliphatic carbocycles. The Kier molecular flexibility index (Phi) is 4.44. The smallest absolute Gasteiger partial charge is 0.308 e. The van der Waals surface area contributed by atoms with Crippen molar-refractivity contribution in [3.05, 3.63) is 16.1 Å². The lowest BCUT2D eigenvalue weighted by Gasteiger charge is -2.23. The Morgan fingerprint density at radius 2 is 2.27 bits per heavy atom. The summed E-state index contributed by atoms with van der Waals surface area (Å²) in [5.41, 5.74) is 0. The largest absolute Gasteiger partial charge is 0.481 e. The van der Waals surface area contributed by atoms with Crippen molar-refractivity contribution in [2.75, 3.05) is 13.2 Å². The molecule has 7 heteroatoms. The van der Waals surface area contributed by atoms with Crippen LogP contribution >= 0.6 is 11.3 Å². The Morgan fingerprint density at radius 3 is 2.86 bits per heavy atom. The maximum Gasteiger partial charge on any atom is 0.308 e. The molecule has 1 aromatic heterocycles. The van der Waals surface area contributed by atoms with Crippen LogP contribution in [0.1, 0.15) is 53.4 Å². The highest BCUT2D eigenvalue weighted by atomic mass is 32.1. The number of aliphatic carboxylic acids is 1. The molecule has 0 radical (unpaired) electrons. The molecule has 1 amide bonds. The molecule has 6 nitrogen and oxygen atoms in total. The van der Waals surface area contributed by atoms with Crippen molar-refractivity contribution in [3.8, 4) is 0 Å². The molecule has 3 rings (SSSR count). The third kappa shape index (κ3) is 3.30. The lowest BCUT2D eigenvalue weighted by atomic mass is 10.1. The van der Waals surface area contributed by atoms with E-state index in [9.17, 15) is 9.59 Å². The van der Waals surface area contributed by atoms with E-state index in [0.29, 0.717) is 4.88 Å². The van der Waals surface area contributed by atoms with Crippen LogP contribution in [-0.2, 0) is 9.53 Å². The van der Waals surface area contributed by atoms with E-state index in [-0.39, 0.29) is 24.6 Å². The number of ether oxygens (including phenoxy) is 1. The summed E-state index contributed by atoms with van der Waals surface area (Å²) in [5.74, 6) is -1.53. The van der Waals surface area contributed by atoms with E-state index in [2.05, 4.69) is 4.98 Å². The predicted octanol–water partition coefficient (Wildman–Crippen LogP) is 2.32. The van der Waals surface area contributed by atoms with Crippen molar-refractivity contribution in [3.63, 3.8) is 0 Å². The standard InChI is InChI=1S/C15H20N2O4S/c1-9(15(19)20)8-17(10-4-5-10)14(18)12-7-16-13(22-12)11-3-2-6-21-11/h7,9-11H,2-6,8H2,1H3,(H,19,20). The number of hydrogen-bond acceptors (Lipinski definition) is 5. The average molecular weight is 324 g/mol. The SMILES string of the molecule is CC(CN(C(=O)c1cnc(C2CCCO2)s1)C1CC1)C(=O)O. The molecule has 1 N–H and O–H groups in total. The maximum atomic E-state index is 12.7. The van der Waals surface area contributed by atoms with E-state index in [1.54, 1.807) is 18.0 Å². The molecule has 22 heavy (non-hydrogen) atoms. The summed E-state index contributed by atoms with van der Waals surface area (Å²) in [6.45, 7) is 2.64. The third-order valence-electron chi connectivity index (χ3n) is 4.08. The van der Waals surface area contributed by atoms with Gasteiger partial charge in [0.2, 0.25) is 0 Å². The van der Waals surface area contributed by atoms with Crippen molar-refractivity contribution in [2.24, 2.45) is 5.92 Å². The van der Waals surface area contributed by atoms with Crippen LogP contribution in [-0.4, -0.2) is 46.1 Å². The molecule has 2 atom stereocenters. The summed E-state index contributed by atoms with van der Waals surface area (Å²) >= 11 is 1.37. The first-order chi connectivity index (χ1) is 10.6. The number of thiazole rings is 1. The van der Waals surface area contributed by atoms with Gasteiger partial charge >= 0.3 is 5.97 Å². The number of hydrogen-bond donors (Lipinski definition) is 1. The summed E-state index contributed by atoms with van der Waals surface area (Å²) in [6, 6.07) is 0.183. The van der Waals surface area contributed by atoms with Gasteiger partial charge in [-0.2, -0.15) is 0 Å². The number of nitrogens with zero attached hydrogens (tertiary/aromatic N) is 2. The fraction of sp³-hybridized carbons (Fsp3) is 0.667. The molecular weight excluding hydrogens is 304 g/mol. The van der Waals surface area contributed by atoms with Gasteiger partial charge in [-0.1, -0.05) is 6.92 Å². The van der Waals surface area contributed by atoms with Crippen LogP contribution in [0.25, 0.3) is 0 Å².